The molecular formula is C14H19Cl2FN2. The first-order valence-electron chi connectivity index (χ1n) is 6.63. The highest BCUT2D eigenvalue weighted by Crippen LogP contribution is 2.24. The highest BCUT2D eigenvalue weighted by atomic mass is 35.5. The van der Waals surface area contributed by atoms with Crippen LogP contribution in [0.25, 0.3) is 0 Å². The minimum absolute atomic E-state index is 0. The summed E-state index contributed by atoms with van der Waals surface area (Å²) in [6, 6.07) is 6.01. The van der Waals surface area contributed by atoms with Crippen LogP contribution < -0.4 is 5.32 Å². The summed E-state index contributed by atoms with van der Waals surface area (Å²) in [5, 5.41) is 4.20. The summed E-state index contributed by atoms with van der Waals surface area (Å²) in [4.78, 5) is 2.43. The molecule has 106 valence electrons. The van der Waals surface area contributed by atoms with Crippen molar-refractivity contribution >= 4 is 24.0 Å². The van der Waals surface area contributed by atoms with Crippen LogP contribution in [0.1, 0.15) is 24.8 Å². The van der Waals surface area contributed by atoms with E-state index in [1.807, 2.05) is 0 Å². The smallest absolute Gasteiger partial charge is 0.124 e. The lowest BCUT2D eigenvalue weighted by atomic mass is 10.1. The molecule has 2 bridgehead atoms. The molecule has 2 aliphatic rings. The average molecular weight is 305 g/mol. The number of hydrogen-bond donors (Lipinski definition) is 1. The first kappa shape index (κ1) is 15.0. The van der Waals surface area contributed by atoms with Crippen molar-refractivity contribution < 1.29 is 4.39 Å². The van der Waals surface area contributed by atoms with Crippen molar-refractivity contribution in [1.82, 2.24) is 10.2 Å². The molecule has 0 radical (unpaired) electrons. The summed E-state index contributed by atoms with van der Waals surface area (Å²) in [5.74, 6) is -0.264. The SMILES string of the molecule is Cl.Fc1ccc(CN2CCC3CCC(C2)N3)c(Cl)c1. The van der Waals surface area contributed by atoms with Gasteiger partial charge in [-0.2, -0.15) is 0 Å². The molecule has 0 spiro atoms. The number of likely N-dealkylation sites (tertiary alicyclic amines) is 1. The number of fused-ring (bicyclic) bond motifs is 2. The molecule has 2 nitrogen and oxygen atoms in total. The fraction of sp³-hybridized carbons (Fsp3) is 0.571. The van der Waals surface area contributed by atoms with Crippen LogP contribution in [-0.2, 0) is 6.54 Å². The number of nitrogens with zero attached hydrogens (tertiary/aromatic N) is 1. The van der Waals surface area contributed by atoms with Crippen molar-refractivity contribution in [1.29, 1.82) is 0 Å². The van der Waals surface area contributed by atoms with E-state index in [4.69, 9.17) is 11.6 Å². The van der Waals surface area contributed by atoms with Gasteiger partial charge in [-0.05, 0) is 37.0 Å². The second-order valence-electron chi connectivity index (χ2n) is 5.40. The third-order valence-corrected chi connectivity index (χ3v) is 4.37. The first-order valence-corrected chi connectivity index (χ1v) is 7.01. The fourth-order valence-electron chi connectivity index (χ4n) is 3.05. The normalized spacial score (nSPS) is 26.8. The van der Waals surface area contributed by atoms with Gasteiger partial charge in [0.15, 0.2) is 0 Å². The topological polar surface area (TPSA) is 15.3 Å². The molecule has 0 aliphatic carbocycles. The molecule has 3 rings (SSSR count). The third kappa shape index (κ3) is 3.60. The lowest BCUT2D eigenvalue weighted by Gasteiger charge is -2.24. The van der Waals surface area contributed by atoms with Gasteiger partial charge >= 0.3 is 0 Å². The Balaban J connectivity index is 0.00000133. The zero-order valence-electron chi connectivity index (χ0n) is 10.7. The molecule has 1 aromatic rings. The van der Waals surface area contributed by atoms with Crippen LogP contribution in [0.3, 0.4) is 0 Å². The maximum Gasteiger partial charge on any atom is 0.124 e. The summed E-state index contributed by atoms with van der Waals surface area (Å²) in [6.45, 7) is 3.00. The number of halogens is 3. The monoisotopic (exact) mass is 304 g/mol. The van der Waals surface area contributed by atoms with E-state index in [-0.39, 0.29) is 18.2 Å². The van der Waals surface area contributed by atoms with Crippen molar-refractivity contribution in [3.8, 4) is 0 Å². The number of rotatable bonds is 2. The van der Waals surface area contributed by atoms with Gasteiger partial charge < -0.3 is 5.32 Å². The Morgan fingerprint density at radius 1 is 1.26 bits per heavy atom. The van der Waals surface area contributed by atoms with Gasteiger partial charge in [-0.3, -0.25) is 4.90 Å². The Hall–Kier alpha value is -0.350. The molecule has 19 heavy (non-hydrogen) atoms. The standard InChI is InChI=1S/C14H18ClFN2.ClH/c15-14-7-11(16)2-1-10(14)8-18-6-5-12-3-4-13(9-18)17-12;/h1-2,7,12-13,17H,3-6,8-9H2;1H. The molecule has 2 aliphatic heterocycles. The first-order chi connectivity index (χ1) is 8.70. The Bertz CT molecular complexity index is 441. The van der Waals surface area contributed by atoms with Crippen LogP contribution in [-0.4, -0.2) is 30.1 Å². The molecule has 0 aromatic heterocycles. The highest BCUT2D eigenvalue weighted by molar-refractivity contribution is 6.31. The molecule has 5 heteroatoms. The minimum Gasteiger partial charge on any atom is -0.310 e. The predicted octanol–water partition coefficient (Wildman–Crippen LogP) is 3.23. The van der Waals surface area contributed by atoms with E-state index in [1.54, 1.807) is 6.07 Å². The van der Waals surface area contributed by atoms with E-state index < -0.39 is 0 Å². The van der Waals surface area contributed by atoms with Gasteiger partial charge in [0, 0.05) is 36.7 Å². The second kappa shape index (κ2) is 6.40. The van der Waals surface area contributed by atoms with Gasteiger partial charge in [0.05, 0.1) is 0 Å². The van der Waals surface area contributed by atoms with Crippen molar-refractivity contribution in [3.63, 3.8) is 0 Å². The summed E-state index contributed by atoms with van der Waals surface area (Å²) in [5.41, 5.74) is 1.02. The largest absolute Gasteiger partial charge is 0.310 e. The van der Waals surface area contributed by atoms with E-state index in [1.165, 1.54) is 31.4 Å². The zero-order chi connectivity index (χ0) is 12.5. The summed E-state index contributed by atoms with van der Waals surface area (Å²) >= 11 is 6.09. The molecule has 0 amide bonds. The van der Waals surface area contributed by atoms with Gasteiger partial charge in [0.2, 0.25) is 0 Å². The summed E-state index contributed by atoms with van der Waals surface area (Å²) in [7, 11) is 0. The Labute approximate surface area is 124 Å². The number of benzene rings is 1. The Morgan fingerprint density at radius 2 is 2.05 bits per heavy atom. The van der Waals surface area contributed by atoms with Crippen molar-refractivity contribution in [2.24, 2.45) is 0 Å². The maximum absolute atomic E-state index is 13.0. The lowest BCUT2D eigenvalue weighted by Crippen LogP contribution is -2.35. The van der Waals surface area contributed by atoms with Gasteiger partial charge in [-0.25, -0.2) is 4.39 Å². The molecule has 2 heterocycles. The quantitative estimate of drug-likeness (QED) is 0.902. The fourth-order valence-corrected chi connectivity index (χ4v) is 3.28. The maximum atomic E-state index is 13.0. The van der Waals surface area contributed by atoms with Crippen LogP contribution >= 0.6 is 24.0 Å². The molecular weight excluding hydrogens is 286 g/mol. The average Bonchev–Trinajstić information content (AvgIpc) is 2.66. The molecule has 2 saturated heterocycles. The van der Waals surface area contributed by atoms with E-state index >= 15 is 0 Å². The van der Waals surface area contributed by atoms with E-state index in [0.29, 0.717) is 17.1 Å². The van der Waals surface area contributed by atoms with Gasteiger partial charge in [-0.1, -0.05) is 17.7 Å². The van der Waals surface area contributed by atoms with Crippen molar-refractivity contribution in [3.05, 3.63) is 34.6 Å². The van der Waals surface area contributed by atoms with E-state index in [0.717, 1.165) is 25.2 Å². The van der Waals surface area contributed by atoms with E-state index in [2.05, 4.69) is 10.2 Å². The van der Waals surface area contributed by atoms with Crippen LogP contribution in [0.15, 0.2) is 18.2 Å². The summed E-state index contributed by atoms with van der Waals surface area (Å²) in [6.07, 6.45) is 3.80. The predicted molar refractivity (Wildman–Crippen MR) is 78.5 cm³/mol. The molecule has 1 N–H and O–H groups in total. The zero-order valence-corrected chi connectivity index (χ0v) is 12.3. The number of hydrogen-bond acceptors (Lipinski definition) is 2. The molecule has 2 atom stereocenters. The van der Waals surface area contributed by atoms with Crippen molar-refractivity contribution in [2.45, 2.75) is 37.9 Å². The minimum atomic E-state index is -0.264. The van der Waals surface area contributed by atoms with Gasteiger partial charge in [0.1, 0.15) is 5.82 Å². The van der Waals surface area contributed by atoms with Crippen LogP contribution in [0.4, 0.5) is 4.39 Å². The molecule has 2 fully saturated rings. The van der Waals surface area contributed by atoms with Crippen LogP contribution in [0, 0.1) is 5.82 Å². The molecule has 1 aromatic carbocycles. The lowest BCUT2D eigenvalue weighted by molar-refractivity contribution is 0.251. The Morgan fingerprint density at radius 3 is 2.84 bits per heavy atom. The third-order valence-electron chi connectivity index (χ3n) is 4.02. The summed E-state index contributed by atoms with van der Waals surface area (Å²) < 4.78 is 13.0. The van der Waals surface area contributed by atoms with Crippen LogP contribution in [0.5, 0.6) is 0 Å². The molecule has 0 saturated carbocycles. The molecule has 2 unspecified atom stereocenters. The van der Waals surface area contributed by atoms with E-state index in [9.17, 15) is 4.39 Å². The highest BCUT2D eigenvalue weighted by Gasteiger charge is 2.29. The van der Waals surface area contributed by atoms with Gasteiger partial charge in [-0.15, -0.1) is 12.4 Å². The van der Waals surface area contributed by atoms with Crippen molar-refractivity contribution in [2.75, 3.05) is 13.1 Å². The van der Waals surface area contributed by atoms with Gasteiger partial charge in [0.25, 0.3) is 0 Å². The second-order valence-corrected chi connectivity index (χ2v) is 5.80. The van der Waals surface area contributed by atoms with Crippen LogP contribution in [0.2, 0.25) is 5.02 Å². The number of nitrogens with one attached hydrogen (secondary N) is 1. The Kier molecular flexibility index (Phi) is 5.07.